The van der Waals surface area contributed by atoms with Crippen LogP contribution in [-0.2, 0) is 20.7 Å². The second-order valence-electron chi connectivity index (χ2n) is 4.96. The van der Waals surface area contributed by atoms with E-state index in [1.54, 1.807) is 0 Å². The molecule has 0 saturated carbocycles. The fourth-order valence-corrected chi connectivity index (χ4v) is 2.76. The van der Waals surface area contributed by atoms with Crippen molar-refractivity contribution in [2.45, 2.75) is 33.0 Å². The summed E-state index contributed by atoms with van der Waals surface area (Å²) in [5.41, 5.74) is 1.80. The molecule has 0 aliphatic carbocycles. The Balaban J connectivity index is 2.40. The van der Waals surface area contributed by atoms with Gasteiger partial charge >= 0.3 is 12.1 Å². The van der Waals surface area contributed by atoms with Crippen LogP contribution in [0, 0.1) is 11.5 Å². The molecule has 1 aliphatic rings. The molecule has 1 heterocycles. The number of hydrogen-bond donors (Lipinski definition) is 0. The van der Waals surface area contributed by atoms with Crippen LogP contribution in [0.25, 0.3) is 0 Å². The lowest BCUT2D eigenvalue weighted by Crippen LogP contribution is -2.57. The summed E-state index contributed by atoms with van der Waals surface area (Å²) in [6, 6.07) is 7.62. The first kappa shape index (κ1) is 15.6. The molecule has 1 unspecified atom stereocenters. The second-order valence-corrected chi connectivity index (χ2v) is 4.96. The molecule has 0 N–H and O–H groups in total. The Morgan fingerprint density at radius 1 is 1.24 bits per heavy atom. The van der Waals surface area contributed by atoms with Gasteiger partial charge in [-0.05, 0) is 20.3 Å². The van der Waals surface area contributed by atoms with Crippen LogP contribution >= 0.6 is 0 Å². The number of aryl methyl sites for hydroxylation is 1. The van der Waals surface area contributed by atoms with E-state index >= 15 is 0 Å². The number of nitrogens with zero attached hydrogens (tertiary/aromatic N) is 2. The molecule has 0 aromatic heterocycles. The number of para-hydroxylation sites is 1. The molecule has 0 radical (unpaired) electrons. The van der Waals surface area contributed by atoms with Crippen LogP contribution in [0.2, 0.25) is 0 Å². The molecule has 5 heteroatoms. The Morgan fingerprint density at radius 3 is 2.52 bits per heavy atom. The van der Waals surface area contributed by atoms with Gasteiger partial charge in [-0.25, -0.2) is 4.79 Å². The first-order chi connectivity index (χ1) is 10.2. The van der Waals surface area contributed by atoms with Crippen molar-refractivity contribution in [1.82, 2.24) is 4.48 Å². The number of hydrogen-bond acceptors (Lipinski definition) is 4. The second kappa shape index (κ2) is 6.81. The van der Waals surface area contributed by atoms with Crippen molar-refractivity contribution in [3.05, 3.63) is 29.8 Å². The molecule has 1 atom stereocenters. The molecular weight excluding hydrogens is 268 g/mol. The van der Waals surface area contributed by atoms with Gasteiger partial charge in [-0.2, -0.15) is 0 Å². The fourth-order valence-electron chi connectivity index (χ4n) is 2.76. The minimum absolute atomic E-state index is 0.0967. The molecule has 0 spiro atoms. The van der Waals surface area contributed by atoms with E-state index in [1.807, 2.05) is 38.1 Å². The van der Waals surface area contributed by atoms with Crippen LogP contribution in [0.15, 0.2) is 24.3 Å². The molecule has 21 heavy (non-hydrogen) atoms. The van der Waals surface area contributed by atoms with E-state index in [1.165, 1.54) is 0 Å². The van der Waals surface area contributed by atoms with Gasteiger partial charge in [0.05, 0.1) is 6.42 Å². The van der Waals surface area contributed by atoms with Gasteiger partial charge < -0.3 is 9.47 Å². The summed E-state index contributed by atoms with van der Waals surface area (Å²) in [7, 11) is 0. The van der Waals surface area contributed by atoms with Crippen LogP contribution in [0.1, 0.15) is 25.8 Å². The van der Waals surface area contributed by atoms with Crippen molar-refractivity contribution in [1.29, 1.82) is 5.26 Å². The normalized spacial score (nSPS) is 21.1. The third-order valence-electron chi connectivity index (χ3n) is 3.74. The van der Waals surface area contributed by atoms with Crippen LogP contribution in [-0.4, -0.2) is 32.0 Å². The van der Waals surface area contributed by atoms with Gasteiger partial charge in [0.15, 0.2) is 12.2 Å². The van der Waals surface area contributed by atoms with E-state index in [-0.39, 0.29) is 16.9 Å². The van der Waals surface area contributed by atoms with Crippen molar-refractivity contribution < 1.29 is 14.3 Å². The minimum Gasteiger partial charge on any atom is -0.348 e. The molecule has 112 valence electrons. The Morgan fingerprint density at radius 2 is 1.90 bits per heavy atom. The number of quaternary nitrogens is 1. The van der Waals surface area contributed by atoms with Gasteiger partial charge in [0.2, 0.25) is 6.29 Å². The summed E-state index contributed by atoms with van der Waals surface area (Å²) in [6.45, 7) is 4.88. The molecule has 1 aromatic carbocycles. The number of benzene rings is 1. The van der Waals surface area contributed by atoms with Crippen LogP contribution < -0.4 is 4.48 Å². The van der Waals surface area contributed by atoms with E-state index in [0.717, 1.165) is 11.3 Å². The lowest BCUT2D eigenvalue weighted by molar-refractivity contribution is -0.153. The maximum Gasteiger partial charge on any atom is 0.333 e. The number of carbonyl (C=O) groups excluding carboxylic acids is 1. The zero-order valence-corrected chi connectivity index (χ0v) is 12.5. The van der Waals surface area contributed by atoms with E-state index in [2.05, 4.69) is 6.19 Å². The number of nitriles is 1. The summed E-state index contributed by atoms with van der Waals surface area (Å²) in [5, 5.41) is 9.73. The number of amides is 1. The van der Waals surface area contributed by atoms with E-state index in [9.17, 15) is 10.1 Å². The minimum atomic E-state index is -0.560. The smallest absolute Gasteiger partial charge is 0.333 e. The highest BCUT2D eigenvalue weighted by Gasteiger charge is 2.47. The zero-order chi connectivity index (χ0) is 15.3. The summed E-state index contributed by atoms with van der Waals surface area (Å²) < 4.78 is 10.7. The van der Waals surface area contributed by atoms with Crippen molar-refractivity contribution >= 4 is 11.6 Å². The first-order valence-electron chi connectivity index (χ1n) is 7.32. The third kappa shape index (κ3) is 2.98. The van der Waals surface area contributed by atoms with Crippen molar-refractivity contribution in [3.63, 3.8) is 0 Å². The highest BCUT2D eigenvalue weighted by atomic mass is 16.7. The number of fused-ring (bicyclic) bond motifs is 1. The summed E-state index contributed by atoms with van der Waals surface area (Å²) in [4.78, 5) is 12.5. The van der Waals surface area contributed by atoms with Crippen molar-refractivity contribution in [2.24, 2.45) is 0 Å². The lowest BCUT2D eigenvalue weighted by Gasteiger charge is -2.33. The van der Waals surface area contributed by atoms with Crippen LogP contribution in [0.5, 0.6) is 0 Å². The Hall–Kier alpha value is -1.74. The number of rotatable bonds is 6. The molecule has 1 aliphatic heterocycles. The lowest BCUT2D eigenvalue weighted by atomic mass is 9.99. The van der Waals surface area contributed by atoms with Gasteiger partial charge in [-0.15, -0.1) is 9.74 Å². The Labute approximate surface area is 125 Å². The summed E-state index contributed by atoms with van der Waals surface area (Å²) in [5.74, 6) is -0.0967. The van der Waals surface area contributed by atoms with Crippen LogP contribution in [0.4, 0.5) is 5.69 Å². The Bertz CT molecular complexity index is 547. The average Bonchev–Trinajstić information content (AvgIpc) is 2.50. The molecule has 0 bridgehead atoms. The highest BCUT2D eigenvalue weighted by molar-refractivity contribution is 5.93. The molecule has 2 rings (SSSR count). The molecule has 5 nitrogen and oxygen atoms in total. The molecule has 1 amide bonds. The molecular formula is C16H21N2O3+. The topological polar surface area (TPSA) is 59.3 Å². The zero-order valence-electron chi connectivity index (χ0n) is 12.5. The van der Waals surface area contributed by atoms with Crippen LogP contribution in [0.3, 0.4) is 0 Å². The maximum atomic E-state index is 12.5. The van der Waals surface area contributed by atoms with Gasteiger partial charge in [0, 0.05) is 24.8 Å². The molecule has 0 saturated heterocycles. The number of ether oxygens (including phenoxy) is 2. The maximum absolute atomic E-state index is 12.5. The largest absolute Gasteiger partial charge is 0.348 e. The van der Waals surface area contributed by atoms with Gasteiger partial charge in [0.25, 0.3) is 0 Å². The first-order valence-corrected chi connectivity index (χ1v) is 7.32. The van der Waals surface area contributed by atoms with Crippen molar-refractivity contribution in [2.75, 3.05) is 19.8 Å². The third-order valence-corrected chi connectivity index (χ3v) is 3.74. The van der Waals surface area contributed by atoms with Gasteiger partial charge in [0.1, 0.15) is 0 Å². The summed E-state index contributed by atoms with van der Waals surface area (Å²) >= 11 is 0. The van der Waals surface area contributed by atoms with Gasteiger partial charge in [-0.3, -0.25) is 0 Å². The quantitative estimate of drug-likeness (QED) is 0.458. The summed E-state index contributed by atoms with van der Waals surface area (Å²) in [6.07, 6.45) is 2.69. The molecule has 1 aromatic rings. The average molecular weight is 289 g/mol. The van der Waals surface area contributed by atoms with E-state index in [0.29, 0.717) is 26.1 Å². The fraction of sp³-hybridized carbons (Fsp3) is 0.500. The SMILES string of the molecule is CCOC(C[N+]1(C#N)C(=O)CCc2ccccc21)OCC. The standard InChI is InChI=1S/C16H21N2O3/c1-3-20-16(21-4-2)11-18(12-17)14-8-6-5-7-13(14)9-10-15(18)19/h5-8,16H,3-4,9-11H2,1-2H3/q+1. The monoisotopic (exact) mass is 289 g/mol. The number of carbonyl (C=O) groups is 1. The Kier molecular flexibility index (Phi) is 5.07. The van der Waals surface area contributed by atoms with E-state index < -0.39 is 6.29 Å². The molecule has 0 fully saturated rings. The van der Waals surface area contributed by atoms with E-state index in [4.69, 9.17) is 9.47 Å². The predicted octanol–water partition coefficient (Wildman–Crippen LogP) is 2.35. The van der Waals surface area contributed by atoms with Gasteiger partial charge in [-0.1, -0.05) is 18.2 Å². The van der Waals surface area contributed by atoms with Crippen molar-refractivity contribution in [3.8, 4) is 6.19 Å². The predicted molar refractivity (Wildman–Crippen MR) is 79.1 cm³/mol. The highest BCUT2D eigenvalue weighted by Crippen LogP contribution is 2.34.